The lowest BCUT2D eigenvalue weighted by Crippen LogP contribution is -2.17. The second kappa shape index (κ2) is 12.3. The van der Waals surface area contributed by atoms with E-state index in [2.05, 4.69) is 43.2 Å². The molecule has 1 aromatic carbocycles. The first kappa shape index (κ1) is 25.4. The Morgan fingerprint density at radius 3 is 2.66 bits per heavy atom. The van der Waals surface area contributed by atoms with Crippen molar-refractivity contribution < 1.29 is 13.2 Å². The van der Waals surface area contributed by atoms with Gasteiger partial charge in [0.15, 0.2) is 0 Å². The fraction of sp³-hybridized carbons (Fsp3) is 0.370. The van der Waals surface area contributed by atoms with Crippen LogP contribution in [0.3, 0.4) is 0 Å². The number of hydrogen-bond acceptors (Lipinski definition) is 2. The van der Waals surface area contributed by atoms with E-state index in [1.54, 1.807) is 12.3 Å². The van der Waals surface area contributed by atoms with Crippen LogP contribution in [-0.4, -0.2) is 6.21 Å². The van der Waals surface area contributed by atoms with E-state index in [0.29, 0.717) is 17.3 Å². The van der Waals surface area contributed by atoms with Gasteiger partial charge >= 0.3 is 6.18 Å². The number of nitrogens with one attached hydrogen (secondary N) is 1. The van der Waals surface area contributed by atoms with Crippen LogP contribution in [0, 0.1) is 5.92 Å². The smallest absolute Gasteiger partial charge is 0.340 e. The maximum Gasteiger partial charge on any atom is 0.416 e. The third-order valence-corrected chi connectivity index (χ3v) is 5.40. The monoisotopic (exact) mass is 442 g/mol. The van der Waals surface area contributed by atoms with E-state index < -0.39 is 11.7 Å². The number of benzene rings is 1. The van der Waals surface area contributed by atoms with Gasteiger partial charge in [0.25, 0.3) is 0 Å². The van der Waals surface area contributed by atoms with Crippen molar-refractivity contribution in [1.82, 2.24) is 5.32 Å². The quantitative estimate of drug-likeness (QED) is 0.383. The van der Waals surface area contributed by atoms with Crippen LogP contribution in [0.1, 0.15) is 64.5 Å². The highest BCUT2D eigenvalue weighted by Gasteiger charge is 2.30. The number of aliphatic imine (C=N–C) groups is 1. The molecule has 1 aliphatic heterocycles. The van der Waals surface area contributed by atoms with Crippen molar-refractivity contribution in [1.29, 1.82) is 0 Å². The third kappa shape index (κ3) is 7.70. The summed E-state index contributed by atoms with van der Waals surface area (Å²) in [5, 5.41) is 3.32. The molecule has 5 heteroatoms. The molecule has 0 fully saturated rings. The van der Waals surface area contributed by atoms with Crippen LogP contribution in [0.4, 0.5) is 13.2 Å². The fourth-order valence-electron chi connectivity index (χ4n) is 3.15. The molecule has 2 nitrogen and oxygen atoms in total. The van der Waals surface area contributed by atoms with Gasteiger partial charge in [-0.15, -0.1) is 0 Å². The van der Waals surface area contributed by atoms with Gasteiger partial charge in [0.1, 0.15) is 5.82 Å². The maximum atomic E-state index is 13.3. The molecule has 1 heterocycles. The molecule has 1 aromatic rings. The number of hydrogen-bond donors (Lipinski definition) is 1. The van der Waals surface area contributed by atoms with Gasteiger partial charge in [-0.1, -0.05) is 70.0 Å². The van der Waals surface area contributed by atoms with Crippen LogP contribution in [0.25, 0.3) is 5.57 Å². The molecular formula is C27H33F3N2. The zero-order valence-electron chi connectivity index (χ0n) is 19.3. The average Bonchev–Trinajstić information content (AvgIpc) is 2.78. The normalized spacial score (nSPS) is 17.6. The highest BCUT2D eigenvalue weighted by Crippen LogP contribution is 2.32. The molecule has 0 amide bonds. The molecule has 1 unspecified atom stereocenters. The fourth-order valence-corrected chi connectivity index (χ4v) is 3.15. The van der Waals surface area contributed by atoms with Gasteiger partial charge in [-0.05, 0) is 61.1 Å². The lowest BCUT2D eigenvalue weighted by molar-refractivity contribution is -0.137. The SMILES string of the molecule is CCC/C=C/C=C1\N=CC=C(C(/C=C\CC(C)CC)=C(/C)c2cccc(C(F)(F)F)c2)N1. The molecule has 172 valence electrons. The largest absolute Gasteiger partial charge is 0.416 e. The van der Waals surface area contributed by atoms with E-state index in [1.807, 2.05) is 31.2 Å². The van der Waals surface area contributed by atoms with Crippen molar-refractivity contribution in [3.8, 4) is 0 Å². The van der Waals surface area contributed by atoms with E-state index in [4.69, 9.17) is 0 Å². The number of unbranched alkanes of at least 4 members (excludes halogenated alkanes) is 1. The Labute approximate surface area is 190 Å². The molecule has 0 saturated heterocycles. The summed E-state index contributed by atoms with van der Waals surface area (Å²) in [5.74, 6) is 1.23. The Morgan fingerprint density at radius 2 is 1.97 bits per heavy atom. The topological polar surface area (TPSA) is 24.4 Å². The predicted molar refractivity (Wildman–Crippen MR) is 129 cm³/mol. The molecule has 1 N–H and O–H groups in total. The van der Waals surface area contributed by atoms with Crippen molar-refractivity contribution >= 4 is 11.8 Å². The van der Waals surface area contributed by atoms with Gasteiger partial charge in [0.2, 0.25) is 0 Å². The zero-order chi connectivity index (χ0) is 23.6. The summed E-state index contributed by atoms with van der Waals surface area (Å²) in [6, 6.07) is 5.48. The Morgan fingerprint density at radius 1 is 1.19 bits per heavy atom. The van der Waals surface area contributed by atoms with Crippen LogP contribution in [0.2, 0.25) is 0 Å². The van der Waals surface area contributed by atoms with Crippen LogP contribution in [0.5, 0.6) is 0 Å². The minimum atomic E-state index is -4.38. The van der Waals surface area contributed by atoms with Crippen molar-refractivity contribution in [2.45, 2.75) is 59.6 Å². The highest BCUT2D eigenvalue weighted by atomic mass is 19.4. The van der Waals surface area contributed by atoms with Gasteiger partial charge in [-0.3, -0.25) is 0 Å². The number of alkyl halides is 3. The molecule has 0 saturated carbocycles. The molecule has 1 aliphatic rings. The first-order valence-corrected chi connectivity index (χ1v) is 11.2. The van der Waals surface area contributed by atoms with E-state index in [-0.39, 0.29) is 0 Å². The zero-order valence-corrected chi connectivity index (χ0v) is 19.3. The molecule has 0 aromatic heterocycles. The average molecular weight is 443 g/mol. The first-order valence-electron chi connectivity index (χ1n) is 11.2. The number of halogens is 3. The number of rotatable bonds is 9. The van der Waals surface area contributed by atoms with Gasteiger partial charge in [-0.2, -0.15) is 13.2 Å². The Hall–Kier alpha value is -2.82. The van der Waals surface area contributed by atoms with E-state index >= 15 is 0 Å². The Kier molecular flexibility index (Phi) is 9.76. The summed E-state index contributed by atoms with van der Waals surface area (Å²) in [6.45, 7) is 8.31. The minimum absolute atomic E-state index is 0.537. The van der Waals surface area contributed by atoms with Crippen molar-refractivity contribution in [3.63, 3.8) is 0 Å². The Bertz CT molecular complexity index is 944. The van der Waals surface area contributed by atoms with Gasteiger partial charge in [0, 0.05) is 17.5 Å². The van der Waals surface area contributed by atoms with Crippen LogP contribution in [0.15, 0.2) is 82.8 Å². The molecule has 1 atom stereocenters. The summed E-state index contributed by atoms with van der Waals surface area (Å²) in [5.41, 5.74) is 2.33. The van der Waals surface area contributed by atoms with E-state index in [1.165, 1.54) is 12.1 Å². The van der Waals surface area contributed by atoms with Gasteiger partial charge in [-0.25, -0.2) is 4.99 Å². The molecule has 0 spiro atoms. The summed E-state index contributed by atoms with van der Waals surface area (Å²) >= 11 is 0. The molecular weight excluding hydrogens is 409 g/mol. The van der Waals surface area contributed by atoms with Crippen LogP contribution >= 0.6 is 0 Å². The standard InChI is InChI=1S/C27H33F3N2/c1-5-7-8-9-16-26-31-18-17-25(32-26)24(15-10-12-20(3)6-2)21(4)22-13-11-14-23(19-22)27(28,29)30/h8-11,13-20,32H,5-7,12H2,1-4H3/b9-8+,15-10-,24-21-,26-16+. The number of allylic oxidation sites excluding steroid dienone is 7. The van der Waals surface area contributed by atoms with Crippen molar-refractivity contribution in [2.24, 2.45) is 10.9 Å². The molecule has 0 aliphatic carbocycles. The van der Waals surface area contributed by atoms with Crippen molar-refractivity contribution in [3.05, 3.63) is 88.9 Å². The first-order chi connectivity index (χ1) is 15.3. The van der Waals surface area contributed by atoms with E-state index in [0.717, 1.165) is 48.6 Å². The van der Waals surface area contributed by atoms with Gasteiger partial charge < -0.3 is 5.32 Å². The lowest BCUT2D eigenvalue weighted by Gasteiger charge is -2.19. The van der Waals surface area contributed by atoms with Crippen LogP contribution in [-0.2, 0) is 6.18 Å². The van der Waals surface area contributed by atoms with Crippen LogP contribution < -0.4 is 5.32 Å². The third-order valence-electron chi connectivity index (χ3n) is 5.40. The summed E-state index contributed by atoms with van der Waals surface area (Å²) in [4.78, 5) is 4.36. The number of nitrogens with zero attached hydrogens (tertiary/aromatic N) is 1. The summed E-state index contributed by atoms with van der Waals surface area (Å²) < 4.78 is 39.8. The summed E-state index contributed by atoms with van der Waals surface area (Å²) in [6.07, 6.45) is 13.3. The molecule has 0 radical (unpaired) electrons. The molecule has 32 heavy (non-hydrogen) atoms. The summed E-state index contributed by atoms with van der Waals surface area (Å²) in [7, 11) is 0. The predicted octanol–water partition coefficient (Wildman–Crippen LogP) is 8.23. The molecule has 2 rings (SSSR count). The van der Waals surface area contributed by atoms with Crippen molar-refractivity contribution in [2.75, 3.05) is 0 Å². The second-order valence-corrected chi connectivity index (χ2v) is 8.02. The lowest BCUT2D eigenvalue weighted by atomic mass is 9.95. The van der Waals surface area contributed by atoms with Gasteiger partial charge in [0.05, 0.1) is 5.56 Å². The minimum Gasteiger partial charge on any atom is -0.340 e. The maximum absolute atomic E-state index is 13.3. The Balaban J connectivity index is 2.44. The second-order valence-electron chi connectivity index (χ2n) is 8.02. The molecule has 0 bridgehead atoms. The van der Waals surface area contributed by atoms with E-state index in [9.17, 15) is 13.2 Å². The highest BCUT2D eigenvalue weighted by molar-refractivity contribution is 5.81.